The third kappa shape index (κ3) is 3.81. The second kappa shape index (κ2) is 6.98. The quantitative estimate of drug-likeness (QED) is 0.790. The van der Waals surface area contributed by atoms with Crippen molar-refractivity contribution < 1.29 is 9.59 Å². The average Bonchev–Trinajstić information content (AvgIpc) is 3.24. The van der Waals surface area contributed by atoms with E-state index in [1.807, 2.05) is 23.0 Å². The van der Waals surface area contributed by atoms with Gasteiger partial charge in [0.15, 0.2) is 0 Å². The van der Waals surface area contributed by atoms with Gasteiger partial charge in [0.1, 0.15) is 0 Å². The van der Waals surface area contributed by atoms with Crippen molar-refractivity contribution in [2.45, 2.75) is 25.7 Å². The van der Waals surface area contributed by atoms with Crippen LogP contribution in [0.15, 0.2) is 18.5 Å². The number of carbonyl (C=O) groups excluding carboxylic acids is 2. The fourth-order valence-corrected chi connectivity index (χ4v) is 3.38. The molecule has 0 aromatic carbocycles. The number of hydrogen-bond donors (Lipinski definition) is 0. The van der Waals surface area contributed by atoms with Crippen LogP contribution in [0.1, 0.15) is 31.2 Å². The molecule has 0 spiro atoms. The topological polar surface area (TPSA) is 58.4 Å². The van der Waals surface area contributed by atoms with Crippen LogP contribution in [-0.2, 0) is 16.6 Å². The zero-order valence-corrected chi connectivity index (χ0v) is 13.6. The molecule has 2 heterocycles. The molecular formula is C17H24N4O2. The number of nitrogens with zero attached hydrogens (tertiary/aromatic N) is 4. The Labute approximate surface area is 136 Å². The largest absolute Gasteiger partial charge is 0.339 e. The number of hydrogen-bond acceptors (Lipinski definition) is 3. The van der Waals surface area contributed by atoms with Gasteiger partial charge in [0.2, 0.25) is 11.8 Å². The van der Waals surface area contributed by atoms with Crippen molar-refractivity contribution >= 4 is 17.9 Å². The number of aromatic nitrogens is 2. The predicted molar refractivity (Wildman–Crippen MR) is 87.4 cm³/mol. The van der Waals surface area contributed by atoms with Gasteiger partial charge in [-0.2, -0.15) is 5.10 Å². The van der Waals surface area contributed by atoms with Crippen molar-refractivity contribution in [3.05, 3.63) is 24.0 Å². The first kappa shape index (κ1) is 15.8. The third-order valence-electron chi connectivity index (χ3n) is 4.75. The summed E-state index contributed by atoms with van der Waals surface area (Å²) in [4.78, 5) is 28.4. The summed E-state index contributed by atoms with van der Waals surface area (Å²) < 4.78 is 1.71. The summed E-state index contributed by atoms with van der Waals surface area (Å²) in [6.07, 6.45) is 11.4. The Morgan fingerprint density at radius 1 is 1.13 bits per heavy atom. The highest BCUT2D eigenvalue weighted by molar-refractivity contribution is 5.92. The molecular weight excluding hydrogens is 292 g/mol. The lowest BCUT2D eigenvalue weighted by atomic mass is 10.1. The van der Waals surface area contributed by atoms with E-state index in [-0.39, 0.29) is 11.8 Å². The van der Waals surface area contributed by atoms with E-state index in [4.69, 9.17) is 0 Å². The van der Waals surface area contributed by atoms with E-state index >= 15 is 0 Å². The lowest BCUT2D eigenvalue weighted by molar-refractivity contribution is -0.140. The van der Waals surface area contributed by atoms with E-state index in [2.05, 4.69) is 5.10 Å². The SMILES string of the molecule is Cn1cc(/C=C/C(=O)N2CCN(C(=O)C3CCCC3)CC2)cn1. The van der Waals surface area contributed by atoms with Crippen LogP contribution >= 0.6 is 0 Å². The summed E-state index contributed by atoms with van der Waals surface area (Å²) >= 11 is 0. The van der Waals surface area contributed by atoms with E-state index in [0.717, 1.165) is 18.4 Å². The van der Waals surface area contributed by atoms with Gasteiger partial charge in [0.05, 0.1) is 6.20 Å². The van der Waals surface area contributed by atoms with Crippen molar-refractivity contribution in [1.82, 2.24) is 19.6 Å². The molecule has 1 saturated carbocycles. The third-order valence-corrected chi connectivity index (χ3v) is 4.75. The highest BCUT2D eigenvalue weighted by Gasteiger charge is 2.29. The molecule has 1 aromatic rings. The van der Waals surface area contributed by atoms with Crippen LogP contribution in [0.5, 0.6) is 0 Å². The predicted octanol–water partition coefficient (Wildman–Crippen LogP) is 1.29. The van der Waals surface area contributed by atoms with Crippen molar-refractivity contribution in [2.75, 3.05) is 26.2 Å². The molecule has 1 aliphatic heterocycles. The molecule has 124 valence electrons. The number of amides is 2. The molecule has 3 rings (SSSR count). The summed E-state index contributed by atoms with van der Waals surface area (Å²) in [6, 6.07) is 0. The summed E-state index contributed by atoms with van der Waals surface area (Å²) in [5.74, 6) is 0.519. The van der Waals surface area contributed by atoms with Crippen molar-refractivity contribution in [2.24, 2.45) is 13.0 Å². The maximum Gasteiger partial charge on any atom is 0.246 e. The van der Waals surface area contributed by atoms with Crippen molar-refractivity contribution in [1.29, 1.82) is 0 Å². The van der Waals surface area contributed by atoms with Gasteiger partial charge in [-0.15, -0.1) is 0 Å². The summed E-state index contributed by atoms with van der Waals surface area (Å²) in [5, 5.41) is 4.07. The van der Waals surface area contributed by atoms with Crippen LogP contribution in [0, 0.1) is 5.92 Å². The lowest BCUT2D eigenvalue weighted by Crippen LogP contribution is -2.51. The number of carbonyl (C=O) groups is 2. The Balaban J connectivity index is 1.49. The molecule has 1 aromatic heterocycles. The Morgan fingerprint density at radius 3 is 2.39 bits per heavy atom. The number of aryl methyl sites for hydroxylation is 1. The van der Waals surface area contributed by atoms with Crippen LogP contribution in [0.3, 0.4) is 0 Å². The van der Waals surface area contributed by atoms with Gasteiger partial charge in [0, 0.05) is 57.0 Å². The minimum atomic E-state index is 0.00168. The smallest absolute Gasteiger partial charge is 0.246 e. The van der Waals surface area contributed by atoms with Crippen LogP contribution in [0.2, 0.25) is 0 Å². The van der Waals surface area contributed by atoms with Gasteiger partial charge in [-0.25, -0.2) is 0 Å². The first-order valence-electron chi connectivity index (χ1n) is 8.38. The molecule has 0 bridgehead atoms. The fraction of sp³-hybridized carbons (Fsp3) is 0.588. The van der Waals surface area contributed by atoms with Crippen molar-refractivity contribution in [3.8, 4) is 0 Å². The van der Waals surface area contributed by atoms with E-state index in [1.165, 1.54) is 12.8 Å². The fourth-order valence-electron chi connectivity index (χ4n) is 3.38. The standard InChI is InChI=1S/C17H24N4O2/c1-19-13-14(12-18-19)6-7-16(22)20-8-10-21(11-9-20)17(23)15-4-2-3-5-15/h6-7,12-13,15H,2-5,8-11H2,1H3/b7-6+. The molecule has 0 radical (unpaired) electrons. The van der Waals surface area contributed by atoms with Gasteiger partial charge in [-0.1, -0.05) is 12.8 Å². The summed E-state index contributed by atoms with van der Waals surface area (Å²) in [6.45, 7) is 2.55. The lowest BCUT2D eigenvalue weighted by Gasteiger charge is -2.35. The molecule has 1 aliphatic carbocycles. The molecule has 2 amide bonds. The Kier molecular flexibility index (Phi) is 4.79. The maximum atomic E-state index is 12.4. The first-order chi connectivity index (χ1) is 11.1. The van der Waals surface area contributed by atoms with Gasteiger partial charge in [0.25, 0.3) is 0 Å². The Morgan fingerprint density at radius 2 is 1.78 bits per heavy atom. The van der Waals surface area contributed by atoms with E-state index in [1.54, 1.807) is 23.0 Å². The monoisotopic (exact) mass is 316 g/mol. The van der Waals surface area contributed by atoms with E-state index < -0.39 is 0 Å². The van der Waals surface area contributed by atoms with Crippen LogP contribution in [-0.4, -0.2) is 57.6 Å². The molecule has 6 nitrogen and oxygen atoms in total. The molecule has 0 N–H and O–H groups in total. The number of piperazine rings is 1. The average molecular weight is 316 g/mol. The second-order valence-electron chi connectivity index (χ2n) is 6.41. The van der Waals surface area contributed by atoms with Crippen LogP contribution in [0.25, 0.3) is 6.08 Å². The van der Waals surface area contributed by atoms with Gasteiger partial charge in [-0.05, 0) is 18.9 Å². The van der Waals surface area contributed by atoms with E-state index in [9.17, 15) is 9.59 Å². The second-order valence-corrected chi connectivity index (χ2v) is 6.41. The Hall–Kier alpha value is -2.11. The van der Waals surface area contributed by atoms with E-state index in [0.29, 0.717) is 32.1 Å². The van der Waals surface area contributed by atoms with Gasteiger partial charge < -0.3 is 9.80 Å². The van der Waals surface area contributed by atoms with Gasteiger partial charge >= 0.3 is 0 Å². The normalized spacial score (nSPS) is 19.7. The summed E-state index contributed by atoms with van der Waals surface area (Å²) in [5.41, 5.74) is 0.913. The summed E-state index contributed by atoms with van der Waals surface area (Å²) in [7, 11) is 1.85. The minimum Gasteiger partial charge on any atom is -0.339 e. The van der Waals surface area contributed by atoms with Gasteiger partial charge in [-0.3, -0.25) is 14.3 Å². The molecule has 23 heavy (non-hydrogen) atoms. The maximum absolute atomic E-state index is 12.4. The Bertz CT molecular complexity index is 593. The molecule has 2 aliphatic rings. The molecule has 0 atom stereocenters. The zero-order valence-electron chi connectivity index (χ0n) is 13.6. The van der Waals surface area contributed by atoms with Crippen LogP contribution in [0.4, 0.5) is 0 Å². The zero-order chi connectivity index (χ0) is 16.2. The molecule has 1 saturated heterocycles. The molecule has 0 unspecified atom stereocenters. The van der Waals surface area contributed by atoms with Crippen molar-refractivity contribution in [3.63, 3.8) is 0 Å². The van der Waals surface area contributed by atoms with Crippen LogP contribution < -0.4 is 0 Å². The first-order valence-corrected chi connectivity index (χ1v) is 8.38. The number of rotatable bonds is 3. The highest BCUT2D eigenvalue weighted by atomic mass is 16.2. The minimum absolute atomic E-state index is 0.00168. The highest BCUT2D eigenvalue weighted by Crippen LogP contribution is 2.26. The molecule has 2 fully saturated rings. The molecule has 6 heteroatoms.